The van der Waals surface area contributed by atoms with Crippen LogP contribution in [0.25, 0.3) is 0 Å². The fraction of sp³-hybridized carbons (Fsp3) is 0.158. The van der Waals surface area contributed by atoms with E-state index in [1.807, 2.05) is 48.1 Å². The van der Waals surface area contributed by atoms with E-state index in [4.69, 9.17) is 21.1 Å². The number of hydrogen-bond acceptors (Lipinski definition) is 4. The van der Waals surface area contributed by atoms with Crippen LogP contribution >= 0.6 is 11.6 Å². The summed E-state index contributed by atoms with van der Waals surface area (Å²) in [5.41, 5.74) is 1.33. The zero-order valence-electron chi connectivity index (χ0n) is 14.0. The van der Waals surface area contributed by atoms with Crippen molar-refractivity contribution in [3.63, 3.8) is 0 Å². The van der Waals surface area contributed by atoms with E-state index in [2.05, 4.69) is 10.3 Å². The number of ether oxygens (including phenoxy) is 2. The summed E-state index contributed by atoms with van der Waals surface area (Å²) in [6, 6.07) is 12.5. The Bertz CT molecular complexity index is 956. The van der Waals surface area contributed by atoms with E-state index in [1.54, 1.807) is 18.3 Å². The van der Waals surface area contributed by atoms with Gasteiger partial charge in [0.25, 0.3) is 5.91 Å². The lowest BCUT2D eigenvalue weighted by Crippen LogP contribution is -2.31. The topological polar surface area (TPSA) is 65.4 Å². The van der Waals surface area contributed by atoms with Crippen molar-refractivity contribution in [1.29, 1.82) is 0 Å². The number of nitrogens with one attached hydrogen (secondary N) is 1. The quantitative estimate of drug-likeness (QED) is 0.766. The van der Waals surface area contributed by atoms with Crippen molar-refractivity contribution in [3.8, 4) is 11.5 Å². The van der Waals surface area contributed by atoms with Gasteiger partial charge < -0.3 is 19.4 Å². The van der Waals surface area contributed by atoms with Crippen molar-refractivity contribution in [2.75, 3.05) is 6.79 Å². The van der Waals surface area contributed by atoms with Gasteiger partial charge in [-0.15, -0.1) is 0 Å². The number of rotatable bonds is 4. The van der Waals surface area contributed by atoms with Crippen molar-refractivity contribution in [2.45, 2.75) is 6.04 Å². The van der Waals surface area contributed by atoms with Crippen LogP contribution in [-0.4, -0.2) is 22.3 Å². The molecule has 0 saturated carbocycles. The molecule has 1 aliphatic rings. The Labute approximate surface area is 155 Å². The first kappa shape index (κ1) is 16.5. The molecule has 0 fully saturated rings. The Morgan fingerprint density at radius 3 is 2.81 bits per heavy atom. The predicted molar refractivity (Wildman–Crippen MR) is 96.5 cm³/mol. The van der Waals surface area contributed by atoms with Gasteiger partial charge in [0.05, 0.1) is 5.02 Å². The van der Waals surface area contributed by atoms with Crippen LogP contribution < -0.4 is 14.8 Å². The molecule has 132 valence electrons. The van der Waals surface area contributed by atoms with E-state index < -0.39 is 6.04 Å². The molecule has 6 nitrogen and oxygen atoms in total. The average Bonchev–Trinajstić information content (AvgIpc) is 3.29. The molecule has 1 aromatic heterocycles. The lowest BCUT2D eigenvalue weighted by molar-refractivity contribution is 0.0940. The predicted octanol–water partition coefficient (Wildman–Crippen LogP) is 3.32. The Balaban J connectivity index is 1.67. The second kappa shape index (κ2) is 6.72. The molecular formula is C19H16ClN3O3. The van der Waals surface area contributed by atoms with Crippen molar-refractivity contribution >= 4 is 17.5 Å². The van der Waals surface area contributed by atoms with Crippen molar-refractivity contribution < 1.29 is 14.3 Å². The Kier molecular flexibility index (Phi) is 4.26. The highest BCUT2D eigenvalue weighted by Gasteiger charge is 2.24. The van der Waals surface area contributed by atoms with Gasteiger partial charge in [0.15, 0.2) is 11.5 Å². The van der Waals surface area contributed by atoms with E-state index in [9.17, 15) is 4.79 Å². The molecule has 1 aliphatic heterocycles. The fourth-order valence-electron chi connectivity index (χ4n) is 2.91. The molecule has 2 aromatic carbocycles. The fourth-order valence-corrected chi connectivity index (χ4v) is 3.18. The second-order valence-electron chi connectivity index (χ2n) is 5.91. The smallest absolute Gasteiger partial charge is 0.252 e. The van der Waals surface area contributed by atoms with E-state index in [0.717, 1.165) is 11.4 Å². The average molecular weight is 370 g/mol. The number of benzene rings is 2. The van der Waals surface area contributed by atoms with E-state index >= 15 is 0 Å². The molecule has 2 heterocycles. The zero-order chi connectivity index (χ0) is 18.1. The highest BCUT2D eigenvalue weighted by atomic mass is 35.5. The summed E-state index contributed by atoms with van der Waals surface area (Å²) in [7, 11) is 1.89. The normalized spacial score (nSPS) is 13.5. The van der Waals surface area contributed by atoms with Gasteiger partial charge in [-0.1, -0.05) is 41.9 Å². The standard InChI is InChI=1S/C19H16ClN3O3/c1-23-8-7-21-18(23)16(12-5-3-2-4-6-12)22-19(24)13-9-14(20)17-15(10-13)25-11-26-17/h2-10,16H,11H2,1H3,(H,22,24)/t16-/m1/s1. The molecule has 1 atom stereocenters. The van der Waals surface area contributed by atoms with Crippen molar-refractivity contribution in [1.82, 2.24) is 14.9 Å². The Morgan fingerprint density at radius 2 is 2.08 bits per heavy atom. The van der Waals surface area contributed by atoms with Gasteiger partial charge in [0.1, 0.15) is 11.9 Å². The third-order valence-electron chi connectivity index (χ3n) is 4.21. The van der Waals surface area contributed by atoms with Gasteiger partial charge in [-0.25, -0.2) is 4.98 Å². The number of aromatic nitrogens is 2. The van der Waals surface area contributed by atoms with Crippen LogP contribution in [-0.2, 0) is 7.05 Å². The molecule has 0 radical (unpaired) electrons. The maximum Gasteiger partial charge on any atom is 0.252 e. The highest BCUT2D eigenvalue weighted by Crippen LogP contribution is 2.39. The third-order valence-corrected chi connectivity index (χ3v) is 4.50. The first-order chi connectivity index (χ1) is 12.6. The van der Waals surface area contributed by atoms with Crippen LogP contribution in [0.15, 0.2) is 54.9 Å². The van der Waals surface area contributed by atoms with Crippen molar-refractivity contribution in [2.24, 2.45) is 7.05 Å². The third kappa shape index (κ3) is 2.99. The van der Waals surface area contributed by atoms with Gasteiger partial charge >= 0.3 is 0 Å². The molecule has 0 saturated heterocycles. The molecule has 7 heteroatoms. The molecule has 26 heavy (non-hydrogen) atoms. The molecule has 1 amide bonds. The van der Waals surface area contributed by atoms with E-state index in [-0.39, 0.29) is 12.7 Å². The minimum Gasteiger partial charge on any atom is -0.454 e. The monoisotopic (exact) mass is 369 g/mol. The summed E-state index contributed by atoms with van der Waals surface area (Å²) in [6.07, 6.45) is 3.55. The first-order valence-electron chi connectivity index (χ1n) is 8.05. The van der Waals surface area contributed by atoms with Crippen molar-refractivity contribution in [3.05, 3.63) is 76.8 Å². The summed E-state index contributed by atoms with van der Waals surface area (Å²) >= 11 is 6.20. The summed E-state index contributed by atoms with van der Waals surface area (Å²) in [6.45, 7) is 0.0973. The second-order valence-corrected chi connectivity index (χ2v) is 6.31. The number of halogens is 1. The molecule has 4 rings (SSSR count). The number of hydrogen-bond donors (Lipinski definition) is 1. The maximum atomic E-state index is 12.9. The van der Waals surface area contributed by atoms with Gasteiger partial charge in [0, 0.05) is 25.0 Å². The molecule has 1 N–H and O–H groups in total. The van der Waals surface area contributed by atoms with Crippen LogP contribution in [0.1, 0.15) is 27.8 Å². The number of nitrogens with zero attached hydrogens (tertiary/aromatic N) is 2. The highest BCUT2D eigenvalue weighted by molar-refractivity contribution is 6.32. The summed E-state index contributed by atoms with van der Waals surface area (Å²) in [4.78, 5) is 17.3. The van der Waals surface area contributed by atoms with Gasteiger partial charge in [-0.05, 0) is 17.7 Å². The van der Waals surface area contributed by atoms with Crippen LogP contribution in [0.3, 0.4) is 0 Å². The number of amides is 1. The largest absolute Gasteiger partial charge is 0.454 e. The molecule has 0 spiro atoms. The number of imidazole rings is 1. The van der Waals surface area contributed by atoms with Gasteiger partial charge in [-0.2, -0.15) is 0 Å². The zero-order valence-corrected chi connectivity index (χ0v) is 14.7. The number of fused-ring (bicyclic) bond motifs is 1. The van der Waals surface area contributed by atoms with Crippen LogP contribution in [0.4, 0.5) is 0 Å². The molecule has 0 unspecified atom stereocenters. The molecular weight excluding hydrogens is 354 g/mol. The van der Waals surface area contributed by atoms with Crippen LogP contribution in [0.5, 0.6) is 11.5 Å². The SMILES string of the molecule is Cn1ccnc1[C@H](NC(=O)c1cc(Cl)c2c(c1)OCO2)c1ccccc1. The summed E-state index contributed by atoms with van der Waals surface area (Å²) in [5, 5.41) is 3.38. The van der Waals surface area contributed by atoms with Gasteiger partial charge in [-0.3, -0.25) is 4.79 Å². The lowest BCUT2D eigenvalue weighted by Gasteiger charge is -2.19. The Morgan fingerprint density at radius 1 is 1.27 bits per heavy atom. The molecule has 0 aliphatic carbocycles. The summed E-state index contributed by atoms with van der Waals surface area (Å²) in [5.74, 6) is 1.39. The van der Waals surface area contributed by atoms with E-state index in [0.29, 0.717) is 22.1 Å². The number of aryl methyl sites for hydroxylation is 1. The van der Waals surface area contributed by atoms with Gasteiger partial charge in [0.2, 0.25) is 6.79 Å². The van der Waals surface area contributed by atoms with Crippen LogP contribution in [0, 0.1) is 0 Å². The maximum absolute atomic E-state index is 12.9. The van der Waals surface area contributed by atoms with Crippen LogP contribution in [0.2, 0.25) is 5.02 Å². The first-order valence-corrected chi connectivity index (χ1v) is 8.43. The minimum absolute atomic E-state index is 0.0973. The summed E-state index contributed by atoms with van der Waals surface area (Å²) < 4.78 is 12.5. The molecule has 0 bridgehead atoms. The Hall–Kier alpha value is -2.99. The van der Waals surface area contributed by atoms with E-state index in [1.165, 1.54) is 0 Å². The minimum atomic E-state index is -0.395. The molecule has 3 aromatic rings. The number of carbonyl (C=O) groups is 1. The number of carbonyl (C=O) groups excluding carboxylic acids is 1. The lowest BCUT2D eigenvalue weighted by atomic mass is 10.1.